The second-order valence-electron chi connectivity index (χ2n) is 2.36. The molecule has 0 amide bonds. The van der Waals surface area contributed by atoms with Crippen LogP contribution in [-0.2, 0) is 23.5 Å². The number of aryl methyl sites for hydroxylation is 1. The molecule has 1 radical (unpaired) electrons. The molecular weight excluding hydrogens is 204 g/mol. The maximum absolute atomic E-state index is 10.4. The summed E-state index contributed by atoms with van der Waals surface area (Å²) in [5, 5.41) is 8.55. The summed E-state index contributed by atoms with van der Waals surface area (Å²) >= 11 is 0. The molecule has 0 unspecified atom stereocenters. The van der Waals surface area contributed by atoms with Crippen molar-refractivity contribution in [3.8, 4) is 0 Å². The van der Waals surface area contributed by atoms with E-state index < -0.39 is 5.97 Å². The molecule has 0 aliphatic heterocycles. The predicted molar refractivity (Wildman–Crippen MR) is 42.8 cm³/mol. The minimum absolute atomic E-state index is 0. The molecule has 0 bridgehead atoms. The molecule has 0 heterocycles. The molecule has 2 nitrogen and oxygen atoms in total. The number of benzene rings is 1. The molecule has 69 valence electrons. The van der Waals surface area contributed by atoms with Crippen molar-refractivity contribution >= 4 is 5.97 Å². The van der Waals surface area contributed by atoms with Crippen LogP contribution in [0, 0.1) is 0 Å². The molecule has 1 aromatic rings. The van der Waals surface area contributed by atoms with Gasteiger partial charge in [0.1, 0.15) is 0 Å². The van der Waals surface area contributed by atoms with Crippen LogP contribution >= 0.6 is 0 Å². The van der Waals surface area contributed by atoms with E-state index in [1.54, 1.807) is 12.1 Å². The maximum atomic E-state index is 10.4. The van der Waals surface area contributed by atoms with E-state index in [1.807, 2.05) is 19.1 Å². The van der Waals surface area contributed by atoms with Gasteiger partial charge < -0.3 is 5.11 Å². The van der Waals surface area contributed by atoms with E-state index in [-0.39, 0.29) is 17.1 Å². The van der Waals surface area contributed by atoms with Crippen molar-refractivity contribution in [1.29, 1.82) is 0 Å². The number of carboxylic acids is 1. The summed E-state index contributed by atoms with van der Waals surface area (Å²) in [5.74, 6) is -0.868. The second-order valence-corrected chi connectivity index (χ2v) is 2.36. The standard InChI is InChI=1S/C9H10O2.Cu/c1-2-7-3-5-8(6-4-7)9(10)11;/h3-6H,2H2,1H3,(H,10,11);. The van der Waals surface area contributed by atoms with Crippen LogP contribution in [0.4, 0.5) is 0 Å². The van der Waals surface area contributed by atoms with Gasteiger partial charge in [0.2, 0.25) is 0 Å². The van der Waals surface area contributed by atoms with Gasteiger partial charge in [0.25, 0.3) is 0 Å². The Morgan fingerprint density at radius 2 is 1.83 bits per heavy atom. The van der Waals surface area contributed by atoms with Crippen LogP contribution in [0.1, 0.15) is 22.8 Å². The molecule has 0 atom stereocenters. The molecule has 0 aliphatic carbocycles. The minimum atomic E-state index is -0.868. The number of rotatable bonds is 2. The first-order valence-corrected chi connectivity index (χ1v) is 3.56. The van der Waals surface area contributed by atoms with Crippen LogP contribution < -0.4 is 0 Å². The molecule has 0 fully saturated rings. The summed E-state index contributed by atoms with van der Waals surface area (Å²) < 4.78 is 0. The summed E-state index contributed by atoms with van der Waals surface area (Å²) in [4.78, 5) is 10.4. The Labute approximate surface area is 82.1 Å². The Morgan fingerprint density at radius 1 is 1.33 bits per heavy atom. The summed E-state index contributed by atoms with van der Waals surface area (Å²) in [5.41, 5.74) is 1.51. The first kappa shape index (κ1) is 11.2. The second kappa shape index (κ2) is 4.96. The normalized spacial score (nSPS) is 8.75. The molecule has 12 heavy (non-hydrogen) atoms. The molecule has 1 aromatic carbocycles. The van der Waals surface area contributed by atoms with Crippen LogP contribution in [0.2, 0.25) is 0 Å². The van der Waals surface area contributed by atoms with Gasteiger partial charge in [-0.1, -0.05) is 19.1 Å². The third-order valence-electron chi connectivity index (χ3n) is 1.61. The van der Waals surface area contributed by atoms with E-state index in [9.17, 15) is 4.79 Å². The smallest absolute Gasteiger partial charge is 0.335 e. The van der Waals surface area contributed by atoms with Gasteiger partial charge in [0.05, 0.1) is 5.56 Å². The fourth-order valence-corrected chi connectivity index (χ4v) is 0.883. The van der Waals surface area contributed by atoms with Gasteiger partial charge in [-0.15, -0.1) is 0 Å². The molecule has 0 aromatic heterocycles. The third kappa shape index (κ3) is 2.68. The van der Waals surface area contributed by atoms with E-state index in [0.29, 0.717) is 5.56 Å². The largest absolute Gasteiger partial charge is 0.478 e. The minimum Gasteiger partial charge on any atom is -0.478 e. The Morgan fingerprint density at radius 3 is 2.17 bits per heavy atom. The van der Waals surface area contributed by atoms with Crippen molar-refractivity contribution in [3.05, 3.63) is 35.4 Å². The van der Waals surface area contributed by atoms with Crippen LogP contribution in [0.15, 0.2) is 24.3 Å². The Bertz CT molecular complexity index is 254. The molecule has 3 heteroatoms. The van der Waals surface area contributed by atoms with Crippen molar-refractivity contribution in [2.45, 2.75) is 13.3 Å². The molecular formula is C9H10CuO2. The molecule has 0 spiro atoms. The Hall–Kier alpha value is -0.791. The van der Waals surface area contributed by atoms with Crippen molar-refractivity contribution in [2.24, 2.45) is 0 Å². The monoisotopic (exact) mass is 213 g/mol. The zero-order valence-electron chi connectivity index (χ0n) is 6.67. The summed E-state index contributed by atoms with van der Waals surface area (Å²) in [6.45, 7) is 2.04. The van der Waals surface area contributed by atoms with Gasteiger partial charge in [0, 0.05) is 17.1 Å². The van der Waals surface area contributed by atoms with Crippen LogP contribution in [-0.4, -0.2) is 11.1 Å². The summed E-state index contributed by atoms with van der Waals surface area (Å²) in [7, 11) is 0. The van der Waals surface area contributed by atoms with E-state index in [0.717, 1.165) is 12.0 Å². The van der Waals surface area contributed by atoms with Crippen molar-refractivity contribution < 1.29 is 27.0 Å². The topological polar surface area (TPSA) is 37.3 Å². The summed E-state index contributed by atoms with van der Waals surface area (Å²) in [6, 6.07) is 6.93. The van der Waals surface area contributed by atoms with Gasteiger partial charge in [-0.3, -0.25) is 0 Å². The van der Waals surface area contributed by atoms with Gasteiger partial charge in [-0.2, -0.15) is 0 Å². The first-order valence-electron chi connectivity index (χ1n) is 3.56. The van der Waals surface area contributed by atoms with Crippen LogP contribution in [0.25, 0.3) is 0 Å². The maximum Gasteiger partial charge on any atom is 0.335 e. The first-order chi connectivity index (χ1) is 5.24. The molecule has 1 N–H and O–H groups in total. The number of hydrogen-bond donors (Lipinski definition) is 1. The number of carboxylic acid groups (broad SMARTS) is 1. The van der Waals surface area contributed by atoms with Gasteiger partial charge in [-0.05, 0) is 24.1 Å². The van der Waals surface area contributed by atoms with Gasteiger partial charge in [-0.25, -0.2) is 4.79 Å². The summed E-state index contributed by atoms with van der Waals surface area (Å²) in [6.07, 6.45) is 0.944. The fourth-order valence-electron chi connectivity index (χ4n) is 0.883. The third-order valence-corrected chi connectivity index (χ3v) is 1.61. The average molecular weight is 214 g/mol. The van der Waals surface area contributed by atoms with E-state index in [1.165, 1.54) is 0 Å². The van der Waals surface area contributed by atoms with Gasteiger partial charge in [0.15, 0.2) is 0 Å². The zero-order valence-corrected chi connectivity index (χ0v) is 7.62. The van der Waals surface area contributed by atoms with Crippen LogP contribution in [0.5, 0.6) is 0 Å². The molecule has 0 saturated heterocycles. The Kier molecular flexibility index (Phi) is 4.64. The SMILES string of the molecule is CCc1ccc(C(=O)O)cc1.[Cu]. The molecule has 0 aliphatic rings. The van der Waals surface area contributed by atoms with Crippen molar-refractivity contribution in [3.63, 3.8) is 0 Å². The van der Waals surface area contributed by atoms with Crippen molar-refractivity contribution in [1.82, 2.24) is 0 Å². The van der Waals surface area contributed by atoms with E-state index in [4.69, 9.17) is 5.11 Å². The molecule has 1 rings (SSSR count). The quantitative estimate of drug-likeness (QED) is 0.763. The average Bonchev–Trinajstić information content (AvgIpc) is 2.05. The number of aromatic carboxylic acids is 1. The Balaban J connectivity index is 0.00000121. The number of carbonyl (C=O) groups is 1. The van der Waals surface area contributed by atoms with Crippen LogP contribution in [0.3, 0.4) is 0 Å². The van der Waals surface area contributed by atoms with E-state index >= 15 is 0 Å². The predicted octanol–water partition coefficient (Wildman–Crippen LogP) is 1.94. The van der Waals surface area contributed by atoms with Crippen molar-refractivity contribution in [2.75, 3.05) is 0 Å². The van der Waals surface area contributed by atoms with E-state index in [2.05, 4.69) is 0 Å². The zero-order chi connectivity index (χ0) is 8.27. The fraction of sp³-hybridized carbons (Fsp3) is 0.222. The number of hydrogen-bond acceptors (Lipinski definition) is 1. The van der Waals surface area contributed by atoms with Gasteiger partial charge >= 0.3 is 5.97 Å². The molecule has 0 saturated carbocycles.